The van der Waals surface area contributed by atoms with Crippen LogP contribution in [-0.2, 0) is 14.8 Å². The summed E-state index contributed by atoms with van der Waals surface area (Å²) in [5, 5.41) is 0.372. The molecule has 0 aromatic heterocycles. The summed E-state index contributed by atoms with van der Waals surface area (Å²) in [5.41, 5.74) is -0.527. The molecule has 144 valence electrons. The van der Waals surface area contributed by atoms with Gasteiger partial charge in [0.2, 0.25) is 10.0 Å². The van der Waals surface area contributed by atoms with Gasteiger partial charge in [0.25, 0.3) is 0 Å². The van der Waals surface area contributed by atoms with Crippen molar-refractivity contribution in [2.75, 3.05) is 26.3 Å². The van der Waals surface area contributed by atoms with Gasteiger partial charge in [-0.1, -0.05) is 23.2 Å². The molecule has 2 aromatic rings. The first-order valence-corrected chi connectivity index (χ1v) is 10.0. The van der Waals surface area contributed by atoms with E-state index in [9.17, 15) is 17.6 Å². The lowest BCUT2D eigenvalue weighted by Crippen LogP contribution is -2.40. The van der Waals surface area contributed by atoms with Crippen LogP contribution in [0.1, 0.15) is 10.4 Å². The molecule has 6 nitrogen and oxygen atoms in total. The van der Waals surface area contributed by atoms with Crippen molar-refractivity contribution in [2.24, 2.45) is 0 Å². The molecule has 0 atom stereocenters. The molecule has 1 heterocycles. The first-order chi connectivity index (χ1) is 12.8. The summed E-state index contributed by atoms with van der Waals surface area (Å²) in [6.07, 6.45) is 0. The van der Waals surface area contributed by atoms with Gasteiger partial charge in [-0.05, 0) is 30.3 Å². The van der Waals surface area contributed by atoms with Crippen molar-refractivity contribution < 1.29 is 27.1 Å². The maximum Gasteiger partial charge on any atom is 0.346 e. The number of ether oxygens (including phenoxy) is 2. The molecular weight excluding hydrogens is 420 g/mol. The first kappa shape index (κ1) is 20.0. The molecular formula is C17H14Cl2FNO5S. The first-order valence-electron chi connectivity index (χ1n) is 7.84. The monoisotopic (exact) mass is 433 g/mol. The molecule has 0 N–H and O–H groups in total. The van der Waals surface area contributed by atoms with Crippen LogP contribution in [0.4, 0.5) is 4.39 Å². The zero-order chi connectivity index (χ0) is 19.6. The van der Waals surface area contributed by atoms with Crippen LogP contribution < -0.4 is 4.74 Å². The fourth-order valence-electron chi connectivity index (χ4n) is 2.47. The Morgan fingerprint density at radius 2 is 1.81 bits per heavy atom. The minimum absolute atomic E-state index is 0.0602. The summed E-state index contributed by atoms with van der Waals surface area (Å²) in [6.45, 7) is 0.889. The summed E-state index contributed by atoms with van der Waals surface area (Å²) in [7, 11) is -3.89. The molecule has 1 aliphatic rings. The molecule has 0 bridgehead atoms. The summed E-state index contributed by atoms with van der Waals surface area (Å²) in [5.74, 6) is -2.07. The Balaban J connectivity index is 1.91. The second-order valence-corrected chi connectivity index (χ2v) is 8.40. The Kier molecular flexibility index (Phi) is 6.02. The van der Waals surface area contributed by atoms with Crippen LogP contribution >= 0.6 is 23.2 Å². The standard InChI is InChI=1S/C17H14Cl2FNO5S/c18-11-1-3-14(19)16(9-11)26-17(22)13-10-12(2-4-15(13)20)27(23,24)21-5-7-25-8-6-21/h1-4,9-10H,5-8H2. The fraction of sp³-hybridized carbons (Fsp3) is 0.235. The summed E-state index contributed by atoms with van der Waals surface area (Å²) >= 11 is 11.8. The number of rotatable bonds is 4. The average molecular weight is 434 g/mol. The normalized spacial score (nSPS) is 15.5. The number of morpholine rings is 1. The lowest BCUT2D eigenvalue weighted by Gasteiger charge is -2.26. The van der Waals surface area contributed by atoms with Gasteiger partial charge in [0.1, 0.15) is 5.82 Å². The number of carbonyl (C=O) groups excluding carboxylic acids is 1. The Morgan fingerprint density at radius 3 is 2.52 bits per heavy atom. The summed E-state index contributed by atoms with van der Waals surface area (Å²) in [6, 6.07) is 7.17. The van der Waals surface area contributed by atoms with E-state index in [0.717, 1.165) is 18.2 Å². The summed E-state index contributed by atoms with van der Waals surface area (Å²) < 4.78 is 51.0. The molecule has 10 heteroatoms. The quantitative estimate of drug-likeness (QED) is 0.545. The highest BCUT2D eigenvalue weighted by Crippen LogP contribution is 2.29. The van der Waals surface area contributed by atoms with Crippen LogP contribution in [0.2, 0.25) is 10.0 Å². The average Bonchev–Trinajstić information content (AvgIpc) is 2.65. The smallest absolute Gasteiger partial charge is 0.346 e. The van der Waals surface area contributed by atoms with Gasteiger partial charge in [-0.15, -0.1) is 0 Å². The van der Waals surface area contributed by atoms with E-state index in [1.54, 1.807) is 0 Å². The predicted molar refractivity (Wildman–Crippen MR) is 97.4 cm³/mol. The Morgan fingerprint density at radius 1 is 1.11 bits per heavy atom. The van der Waals surface area contributed by atoms with Crippen molar-refractivity contribution in [1.29, 1.82) is 0 Å². The number of benzene rings is 2. The van der Waals surface area contributed by atoms with Gasteiger partial charge in [-0.25, -0.2) is 17.6 Å². The molecule has 1 saturated heterocycles. The van der Waals surface area contributed by atoms with Gasteiger partial charge in [0.15, 0.2) is 5.75 Å². The zero-order valence-corrected chi connectivity index (χ0v) is 16.2. The van der Waals surface area contributed by atoms with Crippen LogP contribution in [0.15, 0.2) is 41.3 Å². The second-order valence-electron chi connectivity index (χ2n) is 5.62. The van der Waals surface area contributed by atoms with Gasteiger partial charge in [-0.2, -0.15) is 4.31 Å². The summed E-state index contributed by atoms with van der Waals surface area (Å²) in [4.78, 5) is 12.1. The highest BCUT2D eigenvalue weighted by atomic mass is 35.5. The Hall–Kier alpha value is -1.71. The largest absolute Gasteiger partial charge is 0.421 e. The zero-order valence-electron chi connectivity index (χ0n) is 13.8. The molecule has 1 aliphatic heterocycles. The molecule has 0 saturated carbocycles. The van der Waals surface area contributed by atoms with E-state index in [4.69, 9.17) is 32.7 Å². The number of nitrogens with zero attached hydrogens (tertiary/aromatic N) is 1. The van der Waals surface area contributed by atoms with E-state index in [0.29, 0.717) is 0 Å². The number of esters is 1. The van der Waals surface area contributed by atoms with Crippen LogP contribution in [0.3, 0.4) is 0 Å². The van der Waals surface area contributed by atoms with Crippen molar-refractivity contribution in [1.82, 2.24) is 4.31 Å². The SMILES string of the molecule is O=C(Oc1cc(Cl)ccc1Cl)c1cc(S(=O)(=O)N2CCOCC2)ccc1F. The number of hydrogen-bond acceptors (Lipinski definition) is 5. The van der Waals surface area contributed by atoms with E-state index < -0.39 is 27.4 Å². The second kappa shape index (κ2) is 8.12. The van der Waals surface area contributed by atoms with Crippen molar-refractivity contribution in [3.63, 3.8) is 0 Å². The van der Waals surface area contributed by atoms with Crippen molar-refractivity contribution in [3.8, 4) is 5.75 Å². The van der Waals surface area contributed by atoms with Crippen LogP contribution in [0.25, 0.3) is 0 Å². The third kappa shape index (κ3) is 4.41. The minimum atomic E-state index is -3.89. The molecule has 1 fully saturated rings. The van der Waals surface area contributed by atoms with Crippen LogP contribution in [0.5, 0.6) is 5.75 Å². The third-order valence-corrected chi connectivity index (χ3v) is 6.30. The van der Waals surface area contributed by atoms with Gasteiger partial charge in [-0.3, -0.25) is 0 Å². The van der Waals surface area contributed by atoms with Gasteiger partial charge >= 0.3 is 5.97 Å². The Labute approximate surface area is 165 Å². The van der Waals surface area contributed by atoms with Crippen LogP contribution in [-0.4, -0.2) is 45.0 Å². The van der Waals surface area contributed by atoms with Gasteiger partial charge in [0.05, 0.1) is 28.7 Å². The number of carbonyl (C=O) groups is 1. The molecule has 0 spiro atoms. The number of halogens is 3. The third-order valence-electron chi connectivity index (χ3n) is 3.86. The van der Waals surface area contributed by atoms with E-state index >= 15 is 0 Å². The Bertz CT molecular complexity index is 977. The fourth-order valence-corrected chi connectivity index (χ4v) is 4.22. The van der Waals surface area contributed by atoms with E-state index in [2.05, 4.69) is 0 Å². The lowest BCUT2D eigenvalue weighted by molar-refractivity contribution is 0.0725. The lowest BCUT2D eigenvalue weighted by atomic mass is 10.2. The topological polar surface area (TPSA) is 72.9 Å². The van der Waals surface area contributed by atoms with E-state index in [1.807, 2.05) is 0 Å². The van der Waals surface area contributed by atoms with E-state index in [1.165, 1.54) is 22.5 Å². The molecule has 27 heavy (non-hydrogen) atoms. The molecule has 0 aliphatic carbocycles. The molecule has 0 unspecified atom stereocenters. The molecule has 0 radical (unpaired) electrons. The van der Waals surface area contributed by atoms with Crippen molar-refractivity contribution >= 4 is 39.2 Å². The highest BCUT2D eigenvalue weighted by molar-refractivity contribution is 7.89. The van der Waals surface area contributed by atoms with Crippen LogP contribution in [0, 0.1) is 5.82 Å². The van der Waals surface area contributed by atoms with Gasteiger partial charge in [0, 0.05) is 24.2 Å². The maximum atomic E-state index is 14.1. The minimum Gasteiger partial charge on any atom is -0.421 e. The maximum absolute atomic E-state index is 14.1. The van der Waals surface area contributed by atoms with Crippen molar-refractivity contribution in [2.45, 2.75) is 4.90 Å². The van der Waals surface area contributed by atoms with E-state index in [-0.39, 0.29) is 47.0 Å². The van der Waals surface area contributed by atoms with Gasteiger partial charge < -0.3 is 9.47 Å². The highest BCUT2D eigenvalue weighted by Gasteiger charge is 2.28. The predicted octanol–water partition coefficient (Wildman–Crippen LogP) is 3.37. The molecule has 3 rings (SSSR count). The molecule has 2 aromatic carbocycles. The molecule has 0 amide bonds. The van der Waals surface area contributed by atoms with Crippen molar-refractivity contribution in [3.05, 3.63) is 57.8 Å². The number of hydrogen-bond donors (Lipinski definition) is 0. The number of sulfonamides is 1.